The minimum Gasteiger partial charge on any atom is -0.354 e. The summed E-state index contributed by atoms with van der Waals surface area (Å²) in [5.74, 6) is -0.166. The Morgan fingerprint density at radius 1 is 1.08 bits per heavy atom. The molecule has 0 radical (unpaired) electrons. The molecule has 0 saturated heterocycles. The van der Waals surface area contributed by atoms with Gasteiger partial charge in [-0.3, -0.25) is 9.78 Å². The molecule has 1 unspecified atom stereocenters. The summed E-state index contributed by atoms with van der Waals surface area (Å²) in [7, 11) is 0. The fraction of sp³-hybridized carbons (Fsp3) is 0.143. The number of rotatable bonds is 5. The number of amides is 1. The Morgan fingerprint density at radius 2 is 1.85 bits per heavy atom. The van der Waals surface area contributed by atoms with E-state index in [0.29, 0.717) is 10.6 Å². The van der Waals surface area contributed by atoms with Gasteiger partial charge in [-0.2, -0.15) is 0 Å². The molecule has 26 heavy (non-hydrogen) atoms. The van der Waals surface area contributed by atoms with Crippen LogP contribution >= 0.6 is 11.6 Å². The van der Waals surface area contributed by atoms with Crippen molar-refractivity contribution in [3.05, 3.63) is 88.7 Å². The molecule has 5 heteroatoms. The van der Waals surface area contributed by atoms with Crippen molar-refractivity contribution >= 4 is 28.9 Å². The van der Waals surface area contributed by atoms with Crippen molar-refractivity contribution < 1.29 is 4.79 Å². The van der Waals surface area contributed by atoms with Crippen LogP contribution in [0.15, 0.2) is 67.0 Å². The largest absolute Gasteiger partial charge is 0.354 e. The maximum Gasteiger partial charge on any atom is 0.253 e. The minimum atomic E-state index is -0.166. The predicted molar refractivity (Wildman–Crippen MR) is 106 cm³/mol. The van der Waals surface area contributed by atoms with Gasteiger partial charge in [-0.15, -0.1) is 0 Å². The van der Waals surface area contributed by atoms with Crippen molar-refractivity contribution in [3.63, 3.8) is 0 Å². The quantitative estimate of drug-likeness (QED) is 0.646. The molecule has 0 aliphatic carbocycles. The van der Waals surface area contributed by atoms with Gasteiger partial charge in [-0.05, 0) is 43.2 Å². The second-order valence-electron chi connectivity index (χ2n) is 6.15. The van der Waals surface area contributed by atoms with Crippen LogP contribution in [0.2, 0.25) is 5.02 Å². The predicted octanol–water partition coefficient (Wildman–Crippen LogP) is 5.28. The monoisotopic (exact) mass is 365 g/mol. The van der Waals surface area contributed by atoms with E-state index < -0.39 is 0 Å². The van der Waals surface area contributed by atoms with Gasteiger partial charge in [0.2, 0.25) is 0 Å². The van der Waals surface area contributed by atoms with Crippen molar-refractivity contribution in [3.8, 4) is 0 Å². The molecule has 0 bridgehead atoms. The van der Waals surface area contributed by atoms with Crippen LogP contribution < -0.4 is 10.6 Å². The van der Waals surface area contributed by atoms with Crippen LogP contribution in [0, 0.1) is 6.92 Å². The molecule has 1 atom stereocenters. The van der Waals surface area contributed by atoms with Gasteiger partial charge < -0.3 is 10.6 Å². The number of carbonyl (C=O) groups excluding carboxylic acids is 1. The van der Waals surface area contributed by atoms with Crippen LogP contribution in [-0.4, -0.2) is 10.9 Å². The zero-order valence-corrected chi connectivity index (χ0v) is 15.4. The lowest BCUT2D eigenvalue weighted by atomic mass is 10.1. The summed E-state index contributed by atoms with van der Waals surface area (Å²) in [4.78, 5) is 16.7. The van der Waals surface area contributed by atoms with E-state index in [1.54, 1.807) is 18.5 Å². The summed E-state index contributed by atoms with van der Waals surface area (Å²) in [5.41, 5.74) is 4.22. The summed E-state index contributed by atoms with van der Waals surface area (Å²) >= 11 is 6.06. The second-order valence-corrected chi connectivity index (χ2v) is 6.59. The highest BCUT2D eigenvalue weighted by molar-refractivity contribution is 6.30. The number of nitrogens with one attached hydrogen (secondary N) is 2. The molecule has 0 spiro atoms. The van der Waals surface area contributed by atoms with E-state index in [1.807, 2.05) is 62.4 Å². The van der Waals surface area contributed by atoms with Crippen molar-refractivity contribution in [2.75, 3.05) is 5.32 Å². The number of aromatic nitrogens is 1. The average molecular weight is 366 g/mol. The molecule has 1 aromatic heterocycles. The van der Waals surface area contributed by atoms with E-state index in [9.17, 15) is 4.79 Å². The van der Waals surface area contributed by atoms with Gasteiger partial charge in [0.15, 0.2) is 0 Å². The van der Waals surface area contributed by atoms with Gasteiger partial charge in [0, 0.05) is 16.9 Å². The standard InChI is InChI=1S/C21H20ClN3O/c1-14-8-9-18(22)11-20(14)25-19-10-17(12-23-13-19)21(26)24-15(2)16-6-4-3-5-7-16/h3-13,15,25H,1-2H3,(H,24,26). The minimum absolute atomic E-state index is 0.0875. The van der Waals surface area contributed by atoms with E-state index >= 15 is 0 Å². The van der Waals surface area contributed by atoms with Gasteiger partial charge in [0.1, 0.15) is 0 Å². The first-order valence-corrected chi connectivity index (χ1v) is 8.75. The number of hydrogen-bond acceptors (Lipinski definition) is 3. The molecule has 3 rings (SSSR count). The molecular formula is C21H20ClN3O. The SMILES string of the molecule is Cc1ccc(Cl)cc1Nc1cncc(C(=O)NC(C)c2ccccc2)c1. The third-order valence-electron chi connectivity index (χ3n) is 4.13. The van der Waals surface area contributed by atoms with Crippen LogP contribution in [0.3, 0.4) is 0 Å². The molecule has 0 aliphatic heterocycles. The Balaban J connectivity index is 1.74. The highest BCUT2D eigenvalue weighted by Gasteiger charge is 2.12. The Hall–Kier alpha value is -2.85. The highest BCUT2D eigenvalue weighted by Crippen LogP contribution is 2.24. The van der Waals surface area contributed by atoms with Crippen LogP contribution in [0.1, 0.15) is 34.5 Å². The van der Waals surface area contributed by atoms with E-state index in [2.05, 4.69) is 15.6 Å². The molecule has 4 nitrogen and oxygen atoms in total. The van der Waals surface area contributed by atoms with Crippen LogP contribution in [0.4, 0.5) is 11.4 Å². The van der Waals surface area contributed by atoms with Crippen LogP contribution in [0.5, 0.6) is 0 Å². The molecule has 2 N–H and O–H groups in total. The lowest BCUT2D eigenvalue weighted by molar-refractivity contribution is 0.0939. The number of hydrogen-bond donors (Lipinski definition) is 2. The Bertz CT molecular complexity index is 912. The average Bonchev–Trinajstić information content (AvgIpc) is 2.65. The van der Waals surface area contributed by atoms with Gasteiger partial charge in [-0.1, -0.05) is 48.0 Å². The molecule has 0 aliphatic rings. The molecule has 0 fully saturated rings. The fourth-order valence-electron chi connectivity index (χ4n) is 2.62. The Morgan fingerprint density at radius 3 is 2.62 bits per heavy atom. The normalized spacial score (nSPS) is 11.7. The third-order valence-corrected chi connectivity index (χ3v) is 4.36. The summed E-state index contributed by atoms with van der Waals surface area (Å²) < 4.78 is 0. The first-order chi connectivity index (χ1) is 12.5. The van der Waals surface area contributed by atoms with Crippen molar-refractivity contribution in [2.45, 2.75) is 19.9 Å². The number of halogens is 1. The smallest absolute Gasteiger partial charge is 0.253 e. The Labute approximate surface area is 158 Å². The number of pyridine rings is 1. The molecule has 3 aromatic rings. The zero-order valence-electron chi connectivity index (χ0n) is 14.7. The van der Waals surface area contributed by atoms with Crippen molar-refractivity contribution in [1.82, 2.24) is 10.3 Å². The summed E-state index contributed by atoms with van der Waals surface area (Å²) in [6, 6.07) is 17.2. The number of anilines is 2. The van der Waals surface area contributed by atoms with Crippen molar-refractivity contribution in [1.29, 1.82) is 0 Å². The summed E-state index contributed by atoms with van der Waals surface area (Å²) in [5, 5.41) is 6.91. The number of benzene rings is 2. The molecule has 132 valence electrons. The van der Waals surface area contributed by atoms with E-state index in [0.717, 1.165) is 22.5 Å². The van der Waals surface area contributed by atoms with E-state index in [4.69, 9.17) is 11.6 Å². The maximum absolute atomic E-state index is 12.6. The van der Waals surface area contributed by atoms with Crippen LogP contribution in [0.25, 0.3) is 0 Å². The number of carbonyl (C=O) groups is 1. The van der Waals surface area contributed by atoms with Gasteiger partial charge in [0.05, 0.1) is 23.5 Å². The number of aryl methyl sites for hydroxylation is 1. The lowest BCUT2D eigenvalue weighted by Gasteiger charge is -2.15. The molecule has 2 aromatic carbocycles. The van der Waals surface area contributed by atoms with Gasteiger partial charge in [-0.25, -0.2) is 0 Å². The first kappa shape index (κ1) is 18.0. The third kappa shape index (κ3) is 4.41. The van der Waals surface area contributed by atoms with Gasteiger partial charge >= 0.3 is 0 Å². The van der Waals surface area contributed by atoms with E-state index in [-0.39, 0.29) is 11.9 Å². The van der Waals surface area contributed by atoms with Crippen molar-refractivity contribution in [2.24, 2.45) is 0 Å². The van der Waals surface area contributed by atoms with Gasteiger partial charge in [0.25, 0.3) is 5.91 Å². The highest BCUT2D eigenvalue weighted by atomic mass is 35.5. The second kappa shape index (κ2) is 8.02. The number of nitrogens with zero attached hydrogens (tertiary/aromatic N) is 1. The molecule has 1 amide bonds. The lowest BCUT2D eigenvalue weighted by Crippen LogP contribution is -2.26. The first-order valence-electron chi connectivity index (χ1n) is 8.37. The molecule has 0 saturated carbocycles. The molecular weight excluding hydrogens is 346 g/mol. The van der Waals surface area contributed by atoms with E-state index in [1.165, 1.54) is 0 Å². The topological polar surface area (TPSA) is 54.0 Å². The Kier molecular flexibility index (Phi) is 5.54. The zero-order chi connectivity index (χ0) is 18.5. The summed E-state index contributed by atoms with van der Waals surface area (Å²) in [6.45, 7) is 3.95. The fourth-order valence-corrected chi connectivity index (χ4v) is 2.79. The van der Waals surface area contributed by atoms with Crippen LogP contribution in [-0.2, 0) is 0 Å². The summed E-state index contributed by atoms with van der Waals surface area (Å²) in [6.07, 6.45) is 3.24. The molecule has 1 heterocycles. The maximum atomic E-state index is 12.6.